The Labute approximate surface area is 159 Å². The number of ether oxygens (including phenoxy) is 2. The predicted molar refractivity (Wildman–Crippen MR) is 99.7 cm³/mol. The third-order valence-electron chi connectivity index (χ3n) is 3.30. The van der Waals surface area contributed by atoms with E-state index in [4.69, 9.17) is 32.7 Å². The lowest BCUT2D eigenvalue weighted by Crippen LogP contribution is -1.97. The molecule has 0 aliphatic carbocycles. The minimum absolute atomic E-state index is 0.301. The van der Waals surface area contributed by atoms with Crippen LogP contribution in [0.2, 0.25) is 10.0 Å². The van der Waals surface area contributed by atoms with Gasteiger partial charge in [-0.2, -0.15) is 0 Å². The average molecular weight is 396 g/mol. The molecule has 0 saturated carbocycles. The standard InChI is InChI=1S/C17H15Cl2N3O2S/c1-23-15-7-4-13(19)8-11(15)10-25-17-20-16(21-22-17)9-24-14-5-2-12(18)3-6-14/h2-8H,9-10H2,1H3,(H,20,21,22). The molecular weight excluding hydrogens is 381 g/mol. The summed E-state index contributed by atoms with van der Waals surface area (Å²) in [6.07, 6.45) is 0. The number of thioether (sulfide) groups is 1. The van der Waals surface area contributed by atoms with Crippen LogP contribution in [-0.4, -0.2) is 22.3 Å². The van der Waals surface area contributed by atoms with E-state index in [-0.39, 0.29) is 0 Å². The zero-order valence-corrected chi connectivity index (χ0v) is 15.7. The second kappa shape index (κ2) is 8.47. The predicted octanol–water partition coefficient (Wildman–Crippen LogP) is 4.99. The van der Waals surface area contributed by atoms with Gasteiger partial charge in [0.1, 0.15) is 18.1 Å². The van der Waals surface area contributed by atoms with Crippen molar-refractivity contribution in [2.45, 2.75) is 17.5 Å². The molecule has 1 heterocycles. The smallest absolute Gasteiger partial charge is 0.208 e. The molecule has 1 N–H and O–H groups in total. The van der Waals surface area contributed by atoms with Crippen LogP contribution in [0.25, 0.3) is 0 Å². The fraction of sp³-hybridized carbons (Fsp3) is 0.176. The van der Waals surface area contributed by atoms with E-state index < -0.39 is 0 Å². The van der Waals surface area contributed by atoms with Crippen LogP contribution in [0.5, 0.6) is 11.5 Å². The van der Waals surface area contributed by atoms with Crippen LogP contribution in [-0.2, 0) is 12.4 Å². The van der Waals surface area contributed by atoms with Gasteiger partial charge in [0.15, 0.2) is 5.82 Å². The van der Waals surface area contributed by atoms with Crippen molar-refractivity contribution in [2.75, 3.05) is 7.11 Å². The Balaban J connectivity index is 1.56. The summed E-state index contributed by atoms with van der Waals surface area (Å²) >= 11 is 13.4. The quantitative estimate of drug-likeness (QED) is 0.570. The van der Waals surface area contributed by atoms with Gasteiger partial charge in [0.2, 0.25) is 5.16 Å². The molecule has 0 amide bonds. The molecule has 1 aromatic heterocycles. The van der Waals surface area contributed by atoms with E-state index >= 15 is 0 Å². The Hall–Kier alpha value is -1.89. The van der Waals surface area contributed by atoms with Gasteiger partial charge in [-0.1, -0.05) is 35.0 Å². The second-order valence-electron chi connectivity index (χ2n) is 5.05. The van der Waals surface area contributed by atoms with Gasteiger partial charge in [0, 0.05) is 21.4 Å². The number of H-pyrrole nitrogens is 1. The van der Waals surface area contributed by atoms with E-state index in [1.165, 1.54) is 11.8 Å². The lowest BCUT2D eigenvalue weighted by molar-refractivity contribution is 0.296. The van der Waals surface area contributed by atoms with Gasteiger partial charge in [-0.3, -0.25) is 5.10 Å². The number of methoxy groups -OCH3 is 1. The fourth-order valence-corrected chi connectivity index (χ4v) is 3.21. The maximum Gasteiger partial charge on any atom is 0.208 e. The van der Waals surface area contributed by atoms with Crippen LogP contribution in [0.15, 0.2) is 47.6 Å². The molecule has 0 unspecified atom stereocenters. The molecule has 2 aromatic carbocycles. The summed E-state index contributed by atoms with van der Waals surface area (Å²) in [5.74, 6) is 2.81. The summed E-state index contributed by atoms with van der Waals surface area (Å²) in [4.78, 5) is 4.41. The first-order valence-corrected chi connectivity index (χ1v) is 9.13. The molecule has 0 radical (unpaired) electrons. The molecule has 5 nitrogen and oxygen atoms in total. The molecule has 130 valence electrons. The Morgan fingerprint density at radius 3 is 2.60 bits per heavy atom. The molecule has 0 spiro atoms. The van der Waals surface area contributed by atoms with Crippen LogP contribution >= 0.6 is 35.0 Å². The normalized spacial score (nSPS) is 10.7. The molecular formula is C17H15Cl2N3O2S. The van der Waals surface area contributed by atoms with E-state index in [1.54, 1.807) is 37.4 Å². The number of hydrogen-bond acceptors (Lipinski definition) is 5. The summed E-state index contributed by atoms with van der Waals surface area (Å²) in [6, 6.07) is 12.7. The van der Waals surface area contributed by atoms with Gasteiger partial charge in [-0.05, 0) is 42.5 Å². The molecule has 0 atom stereocenters. The van der Waals surface area contributed by atoms with Crippen LogP contribution in [0.4, 0.5) is 0 Å². The second-order valence-corrected chi connectivity index (χ2v) is 6.87. The molecule has 0 fully saturated rings. The summed E-state index contributed by atoms with van der Waals surface area (Å²) in [5, 5.41) is 9.04. The SMILES string of the molecule is COc1ccc(Cl)cc1CSc1n[nH]c(COc2ccc(Cl)cc2)n1. The molecule has 0 aliphatic heterocycles. The number of hydrogen-bond donors (Lipinski definition) is 1. The lowest BCUT2D eigenvalue weighted by Gasteiger charge is -2.07. The van der Waals surface area contributed by atoms with Crippen LogP contribution in [0.3, 0.4) is 0 Å². The number of nitrogens with zero attached hydrogens (tertiary/aromatic N) is 2. The maximum absolute atomic E-state index is 6.04. The number of aromatic nitrogens is 3. The summed E-state index contributed by atoms with van der Waals surface area (Å²) in [7, 11) is 1.64. The van der Waals surface area contributed by atoms with E-state index in [0.29, 0.717) is 33.4 Å². The zero-order valence-electron chi connectivity index (χ0n) is 13.3. The van der Waals surface area contributed by atoms with Crippen molar-refractivity contribution >= 4 is 35.0 Å². The van der Waals surface area contributed by atoms with Crippen LogP contribution in [0, 0.1) is 0 Å². The van der Waals surface area contributed by atoms with Crippen molar-refractivity contribution in [1.82, 2.24) is 15.2 Å². The number of nitrogens with one attached hydrogen (secondary N) is 1. The first kappa shape index (κ1) is 17.9. The Morgan fingerprint density at radius 1 is 1.08 bits per heavy atom. The fourth-order valence-electron chi connectivity index (χ4n) is 2.09. The van der Waals surface area contributed by atoms with Crippen molar-refractivity contribution in [3.05, 3.63) is 63.9 Å². The minimum atomic E-state index is 0.301. The van der Waals surface area contributed by atoms with Gasteiger partial charge < -0.3 is 9.47 Å². The number of halogens is 2. The summed E-state index contributed by atoms with van der Waals surface area (Å²) in [5.41, 5.74) is 0.990. The van der Waals surface area contributed by atoms with E-state index in [9.17, 15) is 0 Å². The van der Waals surface area contributed by atoms with Gasteiger partial charge in [-0.15, -0.1) is 5.10 Å². The van der Waals surface area contributed by atoms with Gasteiger partial charge in [-0.25, -0.2) is 4.98 Å². The number of benzene rings is 2. The molecule has 0 aliphatic rings. The highest BCUT2D eigenvalue weighted by Gasteiger charge is 2.09. The molecule has 0 saturated heterocycles. The zero-order chi connectivity index (χ0) is 17.6. The Bertz CT molecular complexity index is 840. The van der Waals surface area contributed by atoms with E-state index in [2.05, 4.69) is 15.2 Å². The number of aromatic amines is 1. The van der Waals surface area contributed by atoms with Crippen molar-refractivity contribution < 1.29 is 9.47 Å². The Morgan fingerprint density at radius 2 is 1.84 bits per heavy atom. The van der Waals surface area contributed by atoms with E-state index in [1.807, 2.05) is 12.1 Å². The van der Waals surface area contributed by atoms with Crippen LogP contribution in [0.1, 0.15) is 11.4 Å². The number of rotatable bonds is 7. The minimum Gasteiger partial charge on any atom is -0.496 e. The summed E-state index contributed by atoms with van der Waals surface area (Å²) in [6.45, 7) is 0.301. The third kappa shape index (κ3) is 5.04. The van der Waals surface area contributed by atoms with Crippen molar-refractivity contribution in [1.29, 1.82) is 0 Å². The summed E-state index contributed by atoms with van der Waals surface area (Å²) < 4.78 is 11.0. The molecule has 3 aromatic rings. The first-order chi connectivity index (χ1) is 12.1. The molecule has 0 bridgehead atoms. The monoisotopic (exact) mass is 395 g/mol. The Kier molecular flexibility index (Phi) is 6.07. The highest BCUT2D eigenvalue weighted by molar-refractivity contribution is 7.98. The topological polar surface area (TPSA) is 60.0 Å². The molecule has 3 rings (SSSR count). The first-order valence-electron chi connectivity index (χ1n) is 7.39. The maximum atomic E-state index is 6.04. The average Bonchev–Trinajstić information content (AvgIpc) is 3.07. The third-order valence-corrected chi connectivity index (χ3v) is 4.68. The largest absolute Gasteiger partial charge is 0.496 e. The van der Waals surface area contributed by atoms with Gasteiger partial charge in [0.05, 0.1) is 7.11 Å². The lowest BCUT2D eigenvalue weighted by atomic mass is 10.2. The van der Waals surface area contributed by atoms with Gasteiger partial charge >= 0.3 is 0 Å². The van der Waals surface area contributed by atoms with Crippen molar-refractivity contribution in [3.63, 3.8) is 0 Å². The van der Waals surface area contributed by atoms with Crippen molar-refractivity contribution in [3.8, 4) is 11.5 Å². The highest BCUT2D eigenvalue weighted by Crippen LogP contribution is 2.28. The van der Waals surface area contributed by atoms with Crippen LogP contribution < -0.4 is 9.47 Å². The van der Waals surface area contributed by atoms with Gasteiger partial charge in [0.25, 0.3) is 0 Å². The van der Waals surface area contributed by atoms with E-state index in [0.717, 1.165) is 17.1 Å². The molecule has 8 heteroatoms. The van der Waals surface area contributed by atoms with Crippen molar-refractivity contribution in [2.24, 2.45) is 0 Å². The molecule has 25 heavy (non-hydrogen) atoms. The highest BCUT2D eigenvalue weighted by atomic mass is 35.5.